The van der Waals surface area contributed by atoms with E-state index in [4.69, 9.17) is 16.3 Å². The Morgan fingerprint density at radius 3 is 2.45 bits per heavy atom. The fourth-order valence-corrected chi connectivity index (χ4v) is 1.97. The minimum Gasteiger partial charge on any atom is -0.496 e. The van der Waals surface area contributed by atoms with Gasteiger partial charge >= 0.3 is 0 Å². The predicted octanol–water partition coefficient (Wildman–Crippen LogP) is 3.87. The molecule has 0 N–H and O–H groups in total. The molecule has 0 aliphatic carbocycles. The van der Waals surface area contributed by atoms with Gasteiger partial charge in [0.25, 0.3) is 0 Å². The van der Waals surface area contributed by atoms with Gasteiger partial charge in [0, 0.05) is 10.5 Å². The number of halogens is 3. The van der Waals surface area contributed by atoms with Gasteiger partial charge in [-0.05, 0) is 37.9 Å². The normalized spacial score (nSPS) is 9.82. The monoisotopic (exact) mass is 298 g/mol. The van der Waals surface area contributed by atoms with Gasteiger partial charge in [-0.25, -0.2) is 0 Å². The molecule has 0 unspecified atom stereocenters. The van der Waals surface area contributed by atoms with Crippen molar-refractivity contribution in [1.82, 2.24) is 0 Å². The van der Waals surface area contributed by atoms with Gasteiger partial charge in [-0.1, -0.05) is 11.6 Å². The van der Waals surface area contributed by atoms with Gasteiger partial charge in [0.1, 0.15) is 5.75 Å². The Balaban J connectivity index is 3.21. The van der Waals surface area contributed by atoms with Crippen molar-refractivity contribution >= 4 is 43.5 Å². The molecule has 1 nitrogen and oxygen atoms in total. The molecule has 11 heavy (non-hydrogen) atoms. The van der Waals surface area contributed by atoms with Gasteiger partial charge in [-0.2, -0.15) is 0 Å². The topological polar surface area (TPSA) is 9.23 Å². The Kier molecular flexibility index (Phi) is 3.22. The molecular formula is C7H5Br2ClO. The summed E-state index contributed by atoms with van der Waals surface area (Å²) in [6, 6.07) is 3.59. The van der Waals surface area contributed by atoms with Gasteiger partial charge in [-0.3, -0.25) is 0 Å². The van der Waals surface area contributed by atoms with Gasteiger partial charge in [-0.15, -0.1) is 0 Å². The lowest BCUT2D eigenvalue weighted by Crippen LogP contribution is -1.84. The third kappa shape index (κ3) is 2.10. The summed E-state index contributed by atoms with van der Waals surface area (Å²) in [4.78, 5) is 0. The minimum atomic E-state index is 0.644. The van der Waals surface area contributed by atoms with Gasteiger partial charge in [0.15, 0.2) is 0 Å². The molecule has 0 aliphatic rings. The van der Waals surface area contributed by atoms with Crippen LogP contribution in [0.1, 0.15) is 0 Å². The van der Waals surface area contributed by atoms with Gasteiger partial charge < -0.3 is 4.74 Å². The van der Waals surface area contributed by atoms with Crippen molar-refractivity contribution in [3.8, 4) is 5.75 Å². The average molecular weight is 300 g/mol. The smallest absolute Gasteiger partial charge is 0.134 e. The van der Waals surface area contributed by atoms with Crippen LogP contribution in [0, 0.1) is 0 Å². The van der Waals surface area contributed by atoms with Crippen molar-refractivity contribution in [2.75, 3.05) is 7.11 Å². The third-order valence-corrected chi connectivity index (χ3v) is 3.01. The van der Waals surface area contributed by atoms with Crippen LogP contribution < -0.4 is 4.74 Å². The second-order valence-corrected chi connectivity index (χ2v) is 4.02. The standard InChI is InChI=1S/C7H5Br2ClO/c1-11-7-3-6(10)4(8)2-5(7)9/h2-3H,1H3. The summed E-state index contributed by atoms with van der Waals surface area (Å²) in [5.74, 6) is 0.734. The van der Waals surface area contributed by atoms with Crippen molar-refractivity contribution < 1.29 is 4.74 Å². The van der Waals surface area contributed by atoms with E-state index in [1.54, 1.807) is 13.2 Å². The van der Waals surface area contributed by atoms with Crippen LogP contribution in [0.3, 0.4) is 0 Å². The van der Waals surface area contributed by atoms with Crippen molar-refractivity contribution in [1.29, 1.82) is 0 Å². The second-order valence-electron chi connectivity index (χ2n) is 1.90. The molecule has 0 aliphatic heterocycles. The fraction of sp³-hybridized carbons (Fsp3) is 0.143. The van der Waals surface area contributed by atoms with Crippen molar-refractivity contribution in [2.45, 2.75) is 0 Å². The lowest BCUT2D eigenvalue weighted by Gasteiger charge is -2.04. The molecule has 0 bridgehead atoms. The van der Waals surface area contributed by atoms with E-state index >= 15 is 0 Å². The molecule has 0 saturated carbocycles. The summed E-state index contributed by atoms with van der Waals surface area (Å²) >= 11 is 12.4. The summed E-state index contributed by atoms with van der Waals surface area (Å²) in [5, 5.41) is 0.644. The minimum absolute atomic E-state index is 0.644. The van der Waals surface area contributed by atoms with Crippen LogP contribution in [0.15, 0.2) is 21.1 Å². The van der Waals surface area contributed by atoms with Crippen LogP contribution in [0.2, 0.25) is 5.02 Å². The first-order chi connectivity index (χ1) is 5.15. The van der Waals surface area contributed by atoms with E-state index in [-0.39, 0.29) is 0 Å². The van der Waals surface area contributed by atoms with Crippen molar-refractivity contribution in [3.05, 3.63) is 26.1 Å². The number of methoxy groups -OCH3 is 1. The molecule has 0 aromatic heterocycles. The lowest BCUT2D eigenvalue weighted by molar-refractivity contribution is 0.412. The average Bonchev–Trinajstić information content (AvgIpc) is 1.97. The Morgan fingerprint density at radius 1 is 1.27 bits per heavy atom. The Labute approximate surface area is 86.9 Å². The summed E-state index contributed by atoms with van der Waals surface area (Å²) < 4.78 is 6.77. The van der Waals surface area contributed by atoms with E-state index in [1.807, 2.05) is 6.07 Å². The highest BCUT2D eigenvalue weighted by atomic mass is 79.9. The number of rotatable bonds is 1. The third-order valence-electron chi connectivity index (χ3n) is 1.19. The van der Waals surface area contributed by atoms with E-state index in [0.29, 0.717) is 5.02 Å². The summed E-state index contributed by atoms with van der Waals surface area (Å²) in [5.41, 5.74) is 0. The summed E-state index contributed by atoms with van der Waals surface area (Å²) in [7, 11) is 1.60. The van der Waals surface area contributed by atoms with Crippen molar-refractivity contribution in [2.24, 2.45) is 0 Å². The van der Waals surface area contributed by atoms with E-state index in [2.05, 4.69) is 31.9 Å². The highest BCUT2D eigenvalue weighted by Gasteiger charge is 2.03. The Bertz CT molecular complexity index is 275. The number of hydrogen-bond acceptors (Lipinski definition) is 1. The Hall–Kier alpha value is 0.270. The van der Waals surface area contributed by atoms with Crippen LogP contribution >= 0.6 is 43.5 Å². The van der Waals surface area contributed by atoms with Crippen LogP contribution in [0.4, 0.5) is 0 Å². The van der Waals surface area contributed by atoms with Crippen LogP contribution in [-0.2, 0) is 0 Å². The zero-order valence-corrected chi connectivity index (χ0v) is 9.62. The second kappa shape index (κ2) is 3.78. The molecule has 0 fully saturated rings. The largest absolute Gasteiger partial charge is 0.496 e. The fourth-order valence-electron chi connectivity index (χ4n) is 0.661. The molecule has 0 spiro atoms. The molecule has 0 atom stereocenters. The SMILES string of the molecule is COc1cc(Cl)c(Br)cc1Br. The van der Waals surface area contributed by atoms with Crippen LogP contribution in [0.25, 0.3) is 0 Å². The zero-order chi connectivity index (χ0) is 8.43. The molecule has 0 amide bonds. The predicted molar refractivity (Wildman–Crippen MR) is 53.4 cm³/mol. The van der Waals surface area contributed by atoms with Crippen LogP contribution in [-0.4, -0.2) is 7.11 Å². The molecular weight excluding hydrogens is 295 g/mol. The van der Waals surface area contributed by atoms with E-state index in [9.17, 15) is 0 Å². The maximum Gasteiger partial charge on any atom is 0.134 e. The van der Waals surface area contributed by atoms with E-state index in [1.165, 1.54) is 0 Å². The Morgan fingerprint density at radius 2 is 1.91 bits per heavy atom. The summed E-state index contributed by atoms with van der Waals surface area (Å²) in [6.45, 7) is 0. The molecule has 60 valence electrons. The number of benzene rings is 1. The van der Waals surface area contributed by atoms with Gasteiger partial charge in [0.2, 0.25) is 0 Å². The molecule has 0 heterocycles. The number of hydrogen-bond donors (Lipinski definition) is 0. The lowest BCUT2D eigenvalue weighted by atomic mass is 10.3. The quantitative estimate of drug-likeness (QED) is 0.715. The highest BCUT2D eigenvalue weighted by molar-refractivity contribution is 9.11. The molecule has 0 saturated heterocycles. The first-order valence-electron chi connectivity index (χ1n) is 2.83. The van der Waals surface area contributed by atoms with E-state index in [0.717, 1.165) is 14.7 Å². The molecule has 4 heteroatoms. The number of ether oxygens (including phenoxy) is 1. The molecule has 1 aromatic carbocycles. The molecule has 0 radical (unpaired) electrons. The van der Waals surface area contributed by atoms with E-state index < -0.39 is 0 Å². The van der Waals surface area contributed by atoms with Crippen LogP contribution in [0.5, 0.6) is 5.75 Å². The first-order valence-corrected chi connectivity index (χ1v) is 4.80. The maximum atomic E-state index is 5.82. The molecule has 1 rings (SSSR count). The maximum absolute atomic E-state index is 5.82. The van der Waals surface area contributed by atoms with Crippen molar-refractivity contribution in [3.63, 3.8) is 0 Å². The van der Waals surface area contributed by atoms with Gasteiger partial charge in [0.05, 0.1) is 16.6 Å². The first kappa shape index (κ1) is 9.36. The summed E-state index contributed by atoms with van der Waals surface area (Å²) in [6.07, 6.45) is 0. The molecule has 1 aromatic rings. The zero-order valence-electron chi connectivity index (χ0n) is 5.70. The highest BCUT2D eigenvalue weighted by Crippen LogP contribution is 2.33.